The van der Waals surface area contributed by atoms with Crippen molar-refractivity contribution in [3.05, 3.63) is 32.1 Å². The lowest BCUT2D eigenvalue weighted by Gasteiger charge is -2.02. The molecule has 0 bridgehead atoms. The van der Waals surface area contributed by atoms with Crippen LogP contribution in [0.25, 0.3) is 0 Å². The number of aromatic nitrogens is 1. The Balaban J connectivity index is 3.36. The lowest BCUT2D eigenvalue weighted by Crippen LogP contribution is -2.05. The van der Waals surface area contributed by atoms with Crippen molar-refractivity contribution in [1.82, 2.24) is 4.98 Å². The molecule has 0 aliphatic rings. The van der Waals surface area contributed by atoms with Crippen molar-refractivity contribution in [2.75, 3.05) is 7.11 Å². The van der Waals surface area contributed by atoms with Gasteiger partial charge in [-0.05, 0) is 0 Å². The van der Waals surface area contributed by atoms with Crippen LogP contribution < -0.4 is 0 Å². The molecule has 1 heterocycles. The molecule has 1 rings (SSSR count). The van der Waals surface area contributed by atoms with Gasteiger partial charge < -0.3 is 4.74 Å². The Labute approximate surface area is 93.9 Å². The van der Waals surface area contributed by atoms with Gasteiger partial charge in [0.2, 0.25) is 5.15 Å². The van der Waals surface area contributed by atoms with E-state index in [1.165, 1.54) is 0 Å². The van der Waals surface area contributed by atoms with Crippen LogP contribution in [0.5, 0.6) is 0 Å². The molecule has 0 fully saturated rings. The largest absolute Gasteiger partial charge is 0.465 e. The van der Waals surface area contributed by atoms with Gasteiger partial charge in [-0.1, -0.05) is 23.2 Å². The molecule has 15 heavy (non-hydrogen) atoms. The second-order valence-electron chi connectivity index (χ2n) is 2.39. The summed E-state index contributed by atoms with van der Waals surface area (Å²) in [5.41, 5.74) is -0.697. The number of rotatable bonds is 2. The van der Waals surface area contributed by atoms with E-state index in [1.54, 1.807) is 0 Å². The quantitative estimate of drug-likeness (QED) is 0.347. The molecule has 0 saturated heterocycles. The second kappa shape index (κ2) is 4.41. The van der Waals surface area contributed by atoms with Gasteiger partial charge in [0, 0.05) is 6.07 Å². The third-order valence-electron chi connectivity index (χ3n) is 1.51. The minimum absolute atomic E-state index is 0.199. The first-order chi connectivity index (χ1) is 6.97. The Morgan fingerprint density at radius 1 is 1.53 bits per heavy atom. The Hall–Kier alpha value is -1.40. The minimum atomic E-state index is -0.813. The van der Waals surface area contributed by atoms with Gasteiger partial charge in [-0.2, -0.15) is 0 Å². The highest BCUT2D eigenvalue weighted by molar-refractivity contribution is 6.35. The molecule has 0 unspecified atom stereocenters. The van der Waals surface area contributed by atoms with Crippen LogP contribution >= 0.6 is 23.2 Å². The maximum absolute atomic E-state index is 11.1. The van der Waals surface area contributed by atoms with Gasteiger partial charge in [0.25, 0.3) is 0 Å². The van der Waals surface area contributed by atoms with Crippen LogP contribution in [0.3, 0.4) is 0 Å². The maximum Gasteiger partial charge on any atom is 0.341 e. The van der Waals surface area contributed by atoms with E-state index in [-0.39, 0.29) is 15.9 Å². The van der Waals surface area contributed by atoms with Gasteiger partial charge in [0.1, 0.15) is 10.7 Å². The third kappa shape index (κ3) is 2.34. The number of hydrogen-bond donors (Lipinski definition) is 0. The SMILES string of the molecule is COC(=O)c1cc([N+](=O)[O-])c(Cl)nc1Cl. The molecule has 0 N–H and O–H groups in total. The van der Waals surface area contributed by atoms with Crippen molar-refractivity contribution in [1.29, 1.82) is 0 Å². The molecule has 0 atom stereocenters. The fourth-order valence-corrected chi connectivity index (χ4v) is 1.31. The van der Waals surface area contributed by atoms with Crippen LogP contribution in [-0.2, 0) is 4.74 Å². The predicted molar refractivity (Wildman–Crippen MR) is 52.3 cm³/mol. The van der Waals surface area contributed by atoms with Crippen LogP contribution in [0.4, 0.5) is 5.69 Å². The molecule has 80 valence electrons. The molecular formula is C7H4Cl2N2O4. The van der Waals surface area contributed by atoms with E-state index in [9.17, 15) is 14.9 Å². The summed E-state index contributed by atoms with van der Waals surface area (Å²) in [7, 11) is 1.12. The highest BCUT2D eigenvalue weighted by Gasteiger charge is 2.21. The molecule has 0 aliphatic heterocycles. The van der Waals surface area contributed by atoms with Crippen molar-refractivity contribution in [2.24, 2.45) is 0 Å². The van der Waals surface area contributed by atoms with E-state index in [0.717, 1.165) is 13.2 Å². The average Bonchev–Trinajstić information content (AvgIpc) is 2.16. The van der Waals surface area contributed by atoms with Crippen molar-refractivity contribution >= 4 is 34.9 Å². The molecule has 0 aromatic carbocycles. The number of pyridine rings is 1. The molecular weight excluding hydrogens is 247 g/mol. The van der Waals surface area contributed by atoms with Gasteiger partial charge in [-0.25, -0.2) is 9.78 Å². The summed E-state index contributed by atoms with van der Waals surface area (Å²) in [5.74, 6) is -0.813. The van der Waals surface area contributed by atoms with Crippen molar-refractivity contribution in [2.45, 2.75) is 0 Å². The number of carbonyl (C=O) groups is 1. The first-order valence-electron chi connectivity index (χ1n) is 3.56. The average molecular weight is 251 g/mol. The Morgan fingerprint density at radius 2 is 2.13 bits per heavy atom. The summed E-state index contributed by atoms with van der Waals surface area (Å²) >= 11 is 11.0. The number of carbonyl (C=O) groups excluding carboxylic acids is 1. The van der Waals surface area contributed by atoms with E-state index in [0.29, 0.717) is 0 Å². The summed E-state index contributed by atoms with van der Waals surface area (Å²) in [6.45, 7) is 0. The van der Waals surface area contributed by atoms with Gasteiger partial charge in [0.15, 0.2) is 0 Å². The summed E-state index contributed by atoms with van der Waals surface area (Å²) in [4.78, 5) is 24.3. The molecule has 0 saturated carbocycles. The van der Waals surface area contributed by atoms with Crippen molar-refractivity contribution in [3.63, 3.8) is 0 Å². The van der Waals surface area contributed by atoms with Gasteiger partial charge >= 0.3 is 11.7 Å². The Morgan fingerprint density at radius 3 is 2.60 bits per heavy atom. The van der Waals surface area contributed by atoms with E-state index in [4.69, 9.17) is 23.2 Å². The van der Waals surface area contributed by atoms with Crippen LogP contribution in [0.15, 0.2) is 6.07 Å². The predicted octanol–water partition coefficient (Wildman–Crippen LogP) is 2.08. The first kappa shape index (κ1) is 11.7. The topological polar surface area (TPSA) is 82.3 Å². The zero-order chi connectivity index (χ0) is 11.6. The molecule has 0 aliphatic carbocycles. The number of hydrogen-bond acceptors (Lipinski definition) is 5. The number of nitro groups is 1. The standard InChI is InChI=1S/C7H4Cl2N2O4/c1-15-7(12)3-2-4(11(13)14)6(9)10-5(3)8/h2H,1H3. The van der Waals surface area contributed by atoms with Gasteiger partial charge in [0.05, 0.1) is 12.0 Å². The number of esters is 1. The summed E-state index contributed by atoms with van der Waals surface area (Å²) in [5, 5.41) is 9.87. The Kier molecular flexibility index (Phi) is 3.43. The van der Waals surface area contributed by atoms with E-state index < -0.39 is 16.6 Å². The second-order valence-corrected chi connectivity index (χ2v) is 3.10. The number of methoxy groups -OCH3 is 1. The fourth-order valence-electron chi connectivity index (χ4n) is 0.841. The summed E-state index contributed by atoms with van der Waals surface area (Å²) < 4.78 is 4.36. The molecule has 0 spiro atoms. The minimum Gasteiger partial charge on any atom is -0.465 e. The number of halogens is 2. The summed E-state index contributed by atoms with van der Waals surface area (Å²) in [6, 6.07) is 0.920. The van der Waals surface area contributed by atoms with Crippen LogP contribution in [0, 0.1) is 10.1 Å². The maximum atomic E-state index is 11.1. The van der Waals surface area contributed by atoms with E-state index >= 15 is 0 Å². The van der Waals surface area contributed by atoms with Gasteiger partial charge in [-0.3, -0.25) is 10.1 Å². The monoisotopic (exact) mass is 250 g/mol. The normalized spacial score (nSPS) is 9.80. The molecule has 0 amide bonds. The molecule has 0 radical (unpaired) electrons. The number of nitrogens with zero attached hydrogens (tertiary/aromatic N) is 2. The fraction of sp³-hybridized carbons (Fsp3) is 0.143. The molecule has 1 aromatic rings. The van der Waals surface area contributed by atoms with Crippen LogP contribution in [-0.4, -0.2) is 23.0 Å². The Bertz CT molecular complexity index is 435. The third-order valence-corrected chi connectivity index (χ3v) is 2.08. The summed E-state index contributed by atoms with van der Waals surface area (Å²) in [6.07, 6.45) is 0. The van der Waals surface area contributed by atoms with Crippen LogP contribution in [0.2, 0.25) is 10.3 Å². The zero-order valence-corrected chi connectivity index (χ0v) is 8.87. The van der Waals surface area contributed by atoms with Crippen LogP contribution in [0.1, 0.15) is 10.4 Å². The zero-order valence-electron chi connectivity index (χ0n) is 7.36. The molecule has 6 nitrogen and oxygen atoms in total. The lowest BCUT2D eigenvalue weighted by atomic mass is 10.2. The van der Waals surface area contributed by atoms with E-state index in [1.807, 2.05) is 0 Å². The molecule has 1 aromatic heterocycles. The lowest BCUT2D eigenvalue weighted by molar-refractivity contribution is -0.385. The van der Waals surface area contributed by atoms with E-state index in [2.05, 4.69) is 9.72 Å². The van der Waals surface area contributed by atoms with Crippen molar-refractivity contribution in [3.8, 4) is 0 Å². The molecule has 8 heteroatoms. The first-order valence-corrected chi connectivity index (χ1v) is 4.31. The highest BCUT2D eigenvalue weighted by atomic mass is 35.5. The van der Waals surface area contributed by atoms with Gasteiger partial charge in [-0.15, -0.1) is 0 Å². The van der Waals surface area contributed by atoms with Crippen molar-refractivity contribution < 1.29 is 14.5 Å². The number of ether oxygens (including phenoxy) is 1. The highest BCUT2D eigenvalue weighted by Crippen LogP contribution is 2.27. The smallest absolute Gasteiger partial charge is 0.341 e.